The van der Waals surface area contributed by atoms with E-state index in [4.69, 9.17) is 4.74 Å². The summed E-state index contributed by atoms with van der Waals surface area (Å²) in [4.78, 5) is 35.7. The van der Waals surface area contributed by atoms with Crippen LogP contribution in [-0.4, -0.2) is 45.5 Å². The van der Waals surface area contributed by atoms with E-state index in [0.29, 0.717) is 10.6 Å². The number of hydrogen-bond donors (Lipinski definition) is 2. The zero-order valence-electron chi connectivity index (χ0n) is 13.7. The summed E-state index contributed by atoms with van der Waals surface area (Å²) in [6.07, 6.45) is 1.02. The monoisotopic (exact) mass is 396 g/mol. The Bertz CT molecular complexity index is 889. The number of esters is 1. The van der Waals surface area contributed by atoms with Crippen LogP contribution in [0.25, 0.3) is 0 Å². The van der Waals surface area contributed by atoms with Crippen LogP contribution in [-0.2, 0) is 19.6 Å². The van der Waals surface area contributed by atoms with Crippen LogP contribution in [0.4, 0.5) is 5.69 Å². The Hall–Kier alpha value is -2.72. The van der Waals surface area contributed by atoms with Gasteiger partial charge in [-0.3, -0.25) is 19.1 Å². The number of carbonyl (C=O) groups is 3. The maximum Gasteiger partial charge on any atom is 0.325 e. The maximum absolute atomic E-state index is 12.0. The van der Waals surface area contributed by atoms with Crippen molar-refractivity contribution in [3.05, 3.63) is 52.2 Å². The number of amides is 1. The van der Waals surface area contributed by atoms with Crippen molar-refractivity contribution in [2.75, 3.05) is 24.1 Å². The molecule has 0 aliphatic rings. The van der Waals surface area contributed by atoms with Gasteiger partial charge in [0, 0.05) is 11.3 Å². The van der Waals surface area contributed by atoms with Crippen LogP contribution in [0.1, 0.15) is 20.0 Å². The number of ether oxygens (including phenoxy) is 1. The fourth-order valence-corrected chi connectivity index (χ4v) is 3.07. The van der Waals surface area contributed by atoms with E-state index in [1.165, 1.54) is 35.6 Å². The maximum atomic E-state index is 12.0. The van der Waals surface area contributed by atoms with Crippen LogP contribution in [0, 0.1) is 0 Å². The highest BCUT2D eigenvalue weighted by Crippen LogP contribution is 2.11. The molecular formula is C16H16N2O6S2. The third-order valence-electron chi connectivity index (χ3n) is 3.01. The number of rotatable bonds is 8. The minimum atomic E-state index is -3.40. The van der Waals surface area contributed by atoms with Gasteiger partial charge < -0.3 is 10.1 Å². The molecule has 0 saturated heterocycles. The SMILES string of the molecule is CS(=O)(=O)Nc1ccc(C(=O)COC(=O)CNC(=O)c2cccs2)cc1. The van der Waals surface area contributed by atoms with Crippen molar-refractivity contribution in [2.24, 2.45) is 0 Å². The highest BCUT2D eigenvalue weighted by atomic mass is 32.2. The van der Waals surface area contributed by atoms with E-state index in [2.05, 4.69) is 10.0 Å². The van der Waals surface area contributed by atoms with Crippen molar-refractivity contribution >= 4 is 44.7 Å². The molecule has 1 amide bonds. The van der Waals surface area contributed by atoms with E-state index in [9.17, 15) is 22.8 Å². The van der Waals surface area contributed by atoms with Crippen molar-refractivity contribution in [3.63, 3.8) is 0 Å². The minimum absolute atomic E-state index is 0.263. The smallest absolute Gasteiger partial charge is 0.325 e. The summed E-state index contributed by atoms with van der Waals surface area (Å²) in [5.41, 5.74) is 0.580. The van der Waals surface area contributed by atoms with Crippen LogP contribution in [0.15, 0.2) is 41.8 Å². The van der Waals surface area contributed by atoms with Gasteiger partial charge in [0.15, 0.2) is 12.4 Å². The Labute approximate surface area is 154 Å². The third-order valence-corrected chi connectivity index (χ3v) is 4.49. The van der Waals surface area contributed by atoms with Crippen molar-refractivity contribution in [1.82, 2.24) is 5.32 Å². The van der Waals surface area contributed by atoms with Crippen molar-refractivity contribution in [1.29, 1.82) is 0 Å². The Morgan fingerprint density at radius 2 is 1.81 bits per heavy atom. The standard InChI is InChI=1S/C16H16N2O6S2/c1-26(22,23)18-12-6-4-11(5-7-12)13(19)10-24-15(20)9-17-16(21)14-3-2-8-25-14/h2-8,18H,9-10H2,1H3,(H,17,21). The summed E-state index contributed by atoms with van der Waals surface area (Å²) in [7, 11) is -3.40. The minimum Gasteiger partial charge on any atom is -0.456 e. The first-order chi connectivity index (χ1) is 12.2. The summed E-state index contributed by atoms with van der Waals surface area (Å²) >= 11 is 1.24. The molecule has 26 heavy (non-hydrogen) atoms. The quantitative estimate of drug-likeness (QED) is 0.512. The lowest BCUT2D eigenvalue weighted by Gasteiger charge is -2.07. The lowest BCUT2D eigenvalue weighted by atomic mass is 10.1. The highest BCUT2D eigenvalue weighted by molar-refractivity contribution is 7.92. The molecule has 0 unspecified atom stereocenters. The summed E-state index contributed by atoms with van der Waals surface area (Å²) in [6.45, 7) is -0.826. The Kier molecular flexibility index (Phi) is 6.47. The first-order valence-electron chi connectivity index (χ1n) is 7.33. The van der Waals surface area contributed by atoms with E-state index in [1.807, 2.05) is 0 Å². The molecule has 0 aliphatic heterocycles. The number of benzene rings is 1. The number of nitrogens with one attached hydrogen (secondary N) is 2. The number of thiophene rings is 1. The average molecular weight is 396 g/mol. The third kappa shape index (κ3) is 6.30. The predicted molar refractivity (Wildman–Crippen MR) is 96.9 cm³/mol. The lowest BCUT2D eigenvalue weighted by Crippen LogP contribution is -2.31. The average Bonchev–Trinajstić information content (AvgIpc) is 3.11. The van der Waals surface area contributed by atoms with Gasteiger partial charge in [0.1, 0.15) is 6.54 Å². The summed E-state index contributed by atoms with van der Waals surface area (Å²) in [5.74, 6) is -1.58. The van der Waals surface area contributed by atoms with Crippen LogP contribution in [0.5, 0.6) is 0 Å². The molecule has 8 nitrogen and oxygen atoms in total. The largest absolute Gasteiger partial charge is 0.456 e. The molecular weight excluding hydrogens is 380 g/mol. The summed E-state index contributed by atoms with van der Waals surface area (Å²) in [6, 6.07) is 9.03. The van der Waals surface area contributed by atoms with Crippen molar-refractivity contribution in [3.8, 4) is 0 Å². The molecule has 138 valence electrons. The molecule has 0 saturated carbocycles. The molecule has 2 rings (SSSR count). The molecule has 1 heterocycles. The van der Waals surface area contributed by atoms with Crippen LogP contribution >= 0.6 is 11.3 Å². The van der Waals surface area contributed by atoms with Gasteiger partial charge in [-0.1, -0.05) is 6.07 Å². The normalized spacial score (nSPS) is 10.8. The number of Topliss-reactive ketones (excluding diaryl/α,β-unsaturated/α-hetero) is 1. The van der Waals surface area contributed by atoms with Crippen LogP contribution < -0.4 is 10.0 Å². The van der Waals surface area contributed by atoms with Gasteiger partial charge >= 0.3 is 5.97 Å². The Morgan fingerprint density at radius 1 is 1.12 bits per heavy atom. The zero-order chi connectivity index (χ0) is 19.2. The van der Waals surface area contributed by atoms with Crippen LogP contribution in [0.3, 0.4) is 0 Å². The number of carbonyl (C=O) groups excluding carboxylic acids is 3. The van der Waals surface area contributed by atoms with Gasteiger partial charge in [-0.05, 0) is 35.7 Å². The number of anilines is 1. The number of sulfonamides is 1. The fourth-order valence-electron chi connectivity index (χ4n) is 1.87. The van der Waals surface area contributed by atoms with E-state index < -0.39 is 34.3 Å². The predicted octanol–water partition coefficient (Wildman–Crippen LogP) is 1.28. The van der Waals surface area contributed by atoms with Crippen molar-refractivity contribution < 1.29 is 27.5 Å². The second kappa shape index (κ2) is 8.59. The zero-order valence-corrected chi connectivity index (χ0v) is 15.4. The van der Waals surface area contributed by atoms with Gasteiger partial charge in [-0.2, -0.15) is 0 Å². The highest BCUT2D eigenvalue weighted by Gasteiger charge is 2.13. The van der Waals surface area contributed by atoms with E-state index in [-0.39, 0.29) is 12.1 Å². The lowest BCUT2D eigenvalue weighted by molar-refractivity contribution is -0.141. The summed E-state index contributed by atoms with van der Waals surface area (Å²) in [5, 5.41) is 4.14. The molecule has 0 radical (unpaired) electrons. The second-order valence-electron chi connectivity index (χ2n) is 5.20. The molecule has 0 atom stereocenters. The molecule has 0 fully saturated rings. The first-order valence-corrected chi connectivity index (χ1v) is 10.1. The van der Waals surface area contributed by atoms with E-state index >= 15 is 0 Å². The molecule has 2 aromatic rings. The molecule has 0 bridgehead atoms. The second-order valence-corrected chi connectivity index (χ2v) is 7.89. The topological polar surface area (TPSA) is 119 Å². The molecule has 0 spiro atoms. The van der Waals surface area contributed by atoms with Gasteiger partial charge in [0.05, 0.1) is 11.1 Å². The van der Waals surface area contributed by atoms with Gasteiger partial charge in [-0.25, -0.2) is 8.42 Å². The molecule has 10 heteroatoms. The Balaban J connectivity index is 1.78. The fraction of sp³-hybridized carbons (Fsp3) is 0.188. The van der Waals surface area contributed by atoms with Gasteiger partial charge in [0.25, 0.3) is 5.91 Å². The molecule has 2 N–H and O–H groups in total. The van der Waals surface area contributed by atoms with Gasteiger partial charge in [0.2, 0.25) is 10.0 Å². The number of hydrogen-bond acceptors (Lipinski definition) is 7. The van der Waals surface area contributed by atoms with Crippen molar-refractivity contribution in [2.45, 2.75) is 0 Å². The molecule has 0 aliphatic carbocycles. The number of ketones is 1. The molecule has 1 aromatic carbocycles. The van der Waals surface area contributed by atoms with Crippen LogP contribution in [0.2, 0.25) is 0 Å². The summed E-state index contributed by atoms with van der Waals surface area (Å²) < 4.78 is 29.3. The van der Waals surface area contributed by atoms with E-state index in [1.54, 1.807) is 17.5 Å². The Morgan fingerprint density at radius 3 is 2.38 bits per heavy atom. The van der Waals surface area contributed by atoms with E-state index in [0.717, 1.165) is 6.26 Å². The first kappa shape index (κ1) is 19.6. The van der Waals surface area contributed by atoms with Gasteiger partial charge in [-0.15, -0.1) is 11.3 Å². The molecule has 1 aromatic heterocycles.